The largest absolute Gasteiger partial charge is 0.363 e. The first-order chi connectivity index (χ1) is 15.1. The first kappa shape index (κ1) is 17.9. The number of aryl methyl sites for hydroxylation is 1. The van der Waals surface area contributed by atoms with Crippen LogP contribution in [-0.2, 0) is 7.05 Å². The lowest BCUT2D eigenvalue weighted by atomic mass is 9.97. The predicted octanol–water partition coefficient (Wildman–Crippen LogP) is 3.24. The van der Waals surface area contributed by atoms with Crippen molar-refractivity contribution in [2.75, 3.05) is 5.32 Å². The summed E-state index contributed by atoms with van der Waals surface area (Å²) < 4.78 is 32.4. The van der Waals surface area contributed by atoms with Crippen molar-refractivity contribution in [1.29, 1.82) is 0 Å². The van der Waals surface area contributed by atoms with Crippen molar-refractivity contribution < 1.29 is 8.78 Å². The fourth-order valence-electron chi connectivity index (χ4n) is 4.15. The topological polar surface area (TPSA) is 90.8 Å². The Morgan fingerprint density at radius 3 is 2.74 bits per heavy atom. The van der Waals surface area contributed by atoms with Crippen LogP contribution in [0.2, 0.25) is 0 Å². The number of halogens is 2. The fourth-order valence-corrected chi connectivity index (χ4v) is 4.15. The van der Waals surface area contributed by atoms with Crippen molar-refractivity contribution in [3.05, 3.63) is 54.6 Å². The van der Waals surface area contributed by atoms with Gasteiger partial charge in [0.1, 0.15) is 18.2 Å². The zero-order valence-electron chi connectivity index (χ0n) is 16.4. The molecule has 1 aliphatic heterocycles. The number of anilines is 1. The number of hydrogen-bond acceptors (Lipinski definition) is 6. The Labute approximate surface area is 174 Å². The number of benzene rings is 1. The molecule has 0 fully saturated rings. The van der Waals surface area contributed by atoms with Gasteiger partial charge in [-0.2, -0.15) is 10.2 Å². The van der Waals surface area contributed by atoms with Gasteiger partial charge >= 0.3 is 0 Å². The highest BCUT2D eigenvalue weighted by atomic mass is 19.3. The summed E-state index contributed by atoms with van der Waals surface area (Å²) in [5, 5.41) is 17.1. The zero-order chi connectivity index (χ0) is 21.1. The molecule has 0 amide bonds. The lowest BCUT2D eigenvalue weighted by Crippen LogP contribution is -2.31. The van der Waals surface area contributed by atoms with Gasteiger partial charge in [-0.3, -0.25) is 4.68 Å². The number of aromatic nitrogens is 8. The maximum absolute atomic E-state index is 13.9. The third kappa shape index (κ3) is 2.69. The molecule has 31 heavy (non-hydrogen) atoms. The summed E-state index contributed by atoms with van der Waals surface area (Å²) in [5.74, 6) is 0.866. The first-order valence-electron chi connectivity index (χ1n) is 9.81. The Morgan fingerprint density at radius 2 is 1.94 bits per heavy atom. The Bertz CT molecular complexity index is 1400. The van der Waals surface area contributed by atoms with E-state index in [1.54, 1.807) is 28.8 Å². The van der Waals surface area contributed by atoms with Crippen molar-refractivity contribution in [2.24, 2.45) is 7.05 Å². The van der Waals surface area contributed by atoms with E-state index >= 15 is 0 Å². The quantitative estimate of drug-likeness (QED) is 0.481. The molecule has 0 unspecified atom stereocenters. The summed E-state index contributed by atoms with van der Waals surface area (Å²) >= 11 is 0. The Hall–Kier alpha value is -3.89. The number of rotatable bonds is 3. The molecule has 1 N–H and O–H groups in total. The van der Waals surface area contributed by atoms with E-state index < -0.39 is 12.5 Å². The second-order valence-electron chi connectivity index (χ2n) is 7.55. The number of alkyl halides is 2. The van der Waals surface area contributed by atoms with Gasteiger partial charge in [-0.25, -0.2) is 27.9 Å². The van der Waals surface area contributed by atoms with Crippen LogP contribution < -0.4 is 5.32 Å². The first-order valence-corrected chi connectivity index (χ1v) is 9.81. The molecule has 0 bridgehead atoms. The summed E-state index contributed by atoms with van der Waals surface area (Å²) in [4.78, 5) is 9.01. The average Bonchev–Trinajstić information content (AvgIpc) is 3.49. The van der Waals surface area contributed by atoms with Gasteiger partial charge in [0.2, 0.25) is 0 Å². The maximum Gasteiger partial charge on any atom is 0.260 e. The van der Waals surface area contributed by atoms with E-state index in [1.807, 2.05) is 30.3 Å². The molecule has 9 nitrogen and oxygen atoms in total. The monoisotopic (exact) mass is 421 g/mol. The SMILES string of the molecule is Cn1ncc2c1ncn1nc(-c3cnn4c3N[C@@H](c3ccccc3)C[C@H]4C(F)F)nc21. The minimum absolute atomic E-state index is 0.231. The van der Waals surface area contributed by atoms with Crippen LogP contribution in [0.25, 0.3) is 28.1 Å². The van der Waals surface area contributed by atoms with Crippen LogP contribution in [0.4, 0.5) is 14.6 Å². The standard InChI is InChI=1S/C20H17F2N9/c1-29-18-13(9-24-29)19-27-17(28-30(19)10-23-18)12-8-25-31-15(16(21)22)7-14(26-20(12)31)11-5-3-2-4-6-11/h2-6,8-10,14-16,26H,7H2,1H3/t14-,15+/m1/s1. The van der Waals surface area contributed by atoms with Crippen molar-refractivity contribution in [1.82, 2.24) is 39.1 Å². The van der Waals surface area contributed by atoms with Gasteiger partial charge in [-0.05, 0) is 12.0 Å². The maximum atomic E-state index is 13.9. The number of hydrogen-bond donors (Lipinski definition) is 1. The molecule has 0 spiro atoms. The second kappa shape index (κ2) is 6.56. The molecule has 11 heteroatoms. The molecule has 1 aliphatic rings. The second-order valence-corrected chi connectivity index (χ2v) is 7.55. The number of fused-ring (bicyclic) bond motifs is 4. The molecule has 6 rings (SSSR count). The Kier molecular flexibility index (Phi) is 3.79. The Balaban J connectivity index is 1.49. The van der Waals surface area contributed by atoms with E-state index in [2.05, 4.69) is 30.6 Å². The fraction of sp³-hybridized carbons (Fsp3) is 0.250. The van der Waals surface area contributed by atoms with Crippen LogP contribution in [0.5, 0.6) is 0 Å². The third-order valence-electron chi connectivity index (χ3n) is 5.70. The van der Waals surface area contributed by atoms with Crippen LogP contribution >= 0.6 is 0 Å². The highest BCUT2D eigenvalue weighted by Crippen LogP contribution is 2.41. The predicted molar refractivity (Wildman–Crippen MR) is 109 cm³/mol. The van der Waals surface area contributed by atoms with E-state index in [-0.39, 0.29) is 12.5 Å². The molecule has 5 heterocycles. The molecule has 4 aromatic heterocycles. The van der Waals surface area contributed by atoms with Crippen LogP contribution in [0.15, 0.2) is 49.1 Å². The number of nitrogens with zero attached hydrogens (tertiary/aromatic N) is 8. The van der Waals surface area contributed by atoms with E-state index in [0.717, 1.165) is 10.9 Å². The molecule has 0 aliphatic carbocycles. The van der Waals surface area contributed by atoms with Gasteiger partial charge in [0.15, 0.2) is 17.1 Å². The highest BCUT2D eigenvalue weighted by Gasteiger charge is 2.36. The molecule has 2 atom stereocenters. The molecule has 5 aromatic rings. The minimum Gasteiger partial charge on any atom is -0.363 e. The summed E-state index contributed by atoms with van der Waals surface area (Å²) in [7, 11) is 1.80. The van der Waals surface area contributed by atoms with Crippen LogP contribution in [0, 0.1) is 0 Å². The van der Waals surface area contributed by atoms with Gasteiger partial charge in [0.05, 0.1) is 29.4 Å². The zero-order valence-corrected chi connectivity index (χ0v) is 16.4. The smallest absolute Gasteiger partial charge is 0.260 e. The average molecular weight is 421 g/mol. The molecule has 0 saturated carbocycles. The summed E-state index contributed by atoms with van der Waals surface area (Å²) in [6.45, 7) is 0. The third-order valence-corrected chi connectivity index (χ3v) is 5.70. The lowest BCUT2D eigenvalue weighted by Gasteiger charge is -2.32. The summed E-state index contributed by atoms with van der Waals surface area (Å²) in [6.07, 6.45) is 2.46. The molecule has 0 saturated heterocycles. The summed E-state index contributed by atoms with van der Waals surface area (Å²) in [6, 6.07) is 8.25. The Morgan fingerprint density at radius 1 is 1.10 bits per heavy atom. The van der Waals surface area contributed by atoms with Crippen LogP contribution in [0.1, 0.15) is 24.1 Å². The van der Waals surface area contributed by atoms with Gasteiger partial charge < -0.3 is 5.32 Å². The van der Waals surface area contributed by atoms with Gasteiger partial charge in [0, 0.05) is 7.05 Å². The van der Waals surface area contributed by atoms with Gasteiger partial charge in [-0.1, -0.05) is 30.3 Å². The van der Waals surface area contributed by atoms with E-state index in [4.69, 9.17) is 0 Å². The van der Waals surface area contributed by atoms with Crippen molar-refractivity contribution >= 4 is 22.5 Å². The molecule has 156 valence electrons. The van der Waals surface area contributed by atoms with E-state index in [0.29, 0.717) is 28.5 Å². The normalized spacial score (nSPS) is 18.6. The van der Waals surface area contributed by atoms with E-state index in [1.165, 1.54) is 10.9 Å². The van der Waals surface area contributed by atoms with Gasteiger partial charge in [0.25, 0.3) is 6.43 Å². The molecule has 0 radical (unpaired) electrons. The molecular weight excluding hydrogens is 404 g/mol. The van der Waals surface area contributed by atoms with Crippen molar-refractivity contribution in [3.63, 3.8) is 0 Å². The van der Waals surface area contributed by atoms with Crippen LogP contribution in [-0.4, -0.2) is 45.6 Å². The van der Waals surface area contributed by atoms with E-state index in [9.17, 15) is 8.78 Å². The lowest BCUT2D eigenvalue weighted by molar-refractivity contribution is 0.0659. The summed E-state index contributed by atoms with van der Waals surface area (Å²) in [5.41, 5.74) is 2.78. The highest BCUT2D eigenvalue weighted by molar-refractivity contribution is 5.89. The molecule has 1 aromatic carbocycles. The van der Waals surface area contributed by atoms with Crippen molar-refractivity contribution in [3.8, 4) is 11.4 Å². The van der Waals surface area contributed by atoms with Crippen LogP contribution in [0.3, 0.4) is 0 Å². The van der Waals surface area contributed by atoms with Crippen molar-refractivity contribution in [2.45, 2.75) is 24.9 Å². The molecular formula is C20H17F2N9. The minimum atomic E-state index is -2.55. The number of nitrogens with one attached hydrogen (secondary N) is 1. The van der Waals surface area contributed by atoms with Gasteiger partial charge in [-0.15, -0.1) is 5.10 Å².